The van der Waals surface area contributed by atoms with Crippen LogP contribution >= 0.6 is 11.3 Å². The minimum atomic E-state index is -0.849. The smallest absolute Gasteiger partial charge is 0.349 e. The molecule has 1 N–H and O–H groups in total. The normalized spacial score (nSPS) is 14.9. The van der Waals surface area contributed by atoms with E-state index in [1.54, 1.807) is 29.8 Å². The molecule has 1 aliphatic rings. The van der Waals surface area contributed by atoms with Crippen molar-refractivity contribution in [3.63, 3.8) is 0 Å². The number of aromatic nitrogens is 2. The maximum Gasteiger partial charge on any atom is 0.349 e. The first-order chi connectivity index (χ1) is 12.9. The number of amides is 1. The van der Waals surface area contributed by atoms with Crippen LogP contribution < -0.4 is 5.32 Å². The number of halogens is 1. The Bertz CT molecular complexity index is 1020. The van der Waals surface area contributed by atoms with E-state index < -0.39 is 12.1 Å². The van der Waals surface area contributed by atoms with Crippen molar-refractivity contribution in [3.8, 4) is 5.69 Å². The molecule has 140 valence electrons. The molecule has 0 unspecified atom stereocenters. The number of aryl methyl sites for hydroxylation is 1. The summed E-state index contributed by atoms with van der Waals surface area (Å²) in [5, 5.41) is 8.11. The van der Waals surface area contributed by atoms with Crippen molar-refractivity contribution in [3.05, 3.63) is 46.7 Å². The molecule has 0 radical (unpaired) electrons. The van der Waals surface area contributed by atoms with Gasteiger partial charge in [-0.3, -0.25) is 4.79 Å². The zero-order valence-electron chi connectivity index (χ0n) is 14.9. The Balaban J connectivity index is 1.57. The first-order valence-corrected chi connectivity index (χ1v) is 9.50. The van der Waals surface area contributed by atoms with Gasteiger partial charge in [-0.25, -0.2) is 13.9 Å². The molecule has 1 aromatic carbocycles. The van der Waals surface area contributed by atoms with Gasteiger partial charge >= 0.3 is 5.97 Å². The molecule has 0 aliphatic heterocycles. The van der Waals surface area contributed by atoms with Gasteiger partial charge in [-0.1, -0.05) is 0 Å². The lowest BCUT2D eigenvalue weighted by Gasteiger charge is -2.12. The van der Waals surface area contributed by atoms with Gasteiger partial charge in [0.05, 0.1) is 11.4 Å². The summed E-state index contributed by atoms with van der Waals surface area (Å²) >= 11 is 1.23. The Kier molecular flexibility index (Phi) is 4.43. The number of thiophene rings is 1. The monoisotopic (exact) mass is 387 g/mol. The van der Waals surface area contributed by atoms with Crippen molar-refractivity contribution >= 4 is 33.4 Å². The molecule has 1 fully saturated rings. The van der Waals surface area contributed by atoms with Crippen LogP contribution in [0.2, 0.25) is 0 Å². The van der Waals surface area contributed by atoms with Crippen LogP contribution in [0, 0.1) is 12.7 Å². The number of rotatable bonds is 5. The average molecular weight is 387 g/mol. The summed E-state index contributed by atoms with van der Waals surface area (Å²) in [6, 6.07) is 7.91. The average Bonchev–Trinajstić information content (AvgIpc) is 3.25. The zero-order valence-corrected chi connectivity index (χ0v) is 15.7. The lowest BCUT2D eigenvalue weighted by Crippen LogP contribution is -2.36. The molecule has 6 nitrogen and oxygen atoms in total. The summed E-state index contributed by atoms with van der Waals surface area (Å²) in [7, 11) is 0. The highest BCUT2D eigenvalue weighted by atomic mass is 32.1. The van der Waals surface area contributed by atoms with E-state index in [1.165, 1.54) is 23.5 Å². The highest BCUT2D eigenvalue weighted by molar-refractivity contribution is 7.20. The van der Waals surface area contributed by atoms with Crippen LogP contribution in [-0.4, -0.2) is 33.8 Å². The van der Waals surface area contributed by atoms with E-state index in [-0.39, 0.29) is 17.8 Å². The molecule has 0 saturated heterocycles. The molecule has 3 aromatic rings. The summed E-state index contributed by atoms with van der Waals surface area (Å²) in [4.78, 5) is 25.6. The van der Waals surface area contributed by atoms with E-state index in [1.807, 2.05) is 6.92 Å². The highest BCUT2D eigenvalue weighted by Gasteiger charge is 2.28. The molecule has 4 rings (SSSR count). The number of esters is 1. The highest BCUT2D eigenvalue weighted by Crippen LogP contribution is 2.31. The lowest BCUT2D eigenvalue weighted by molar-refractivity contribution is -0.129. The lowest BCUT2D eigenvalue weighted by atomic mass is 10.3. The third-order valence-electron chi connectivity index (χ3n) is 4.39. The van der Waals surface area contributed by atoms with Crippen molar-refractivity contribution in [2.24, 2.45) is 0 Å². The first kappa shape index (κ1) is 17.7. The maximum absolute atomic E-state index is 13.2. The van der Waals surface area contributed by atoms with E-state index in [0.717, 1.165) is 28.8 Å². The zero-order chi connectivity index (χ0) is 19.1. The predicted octanol–water partition coefficient (Wildman–Crippen LogP) is 3.36. The Hall–Kier alpha value is -2.74. The van der Waals surface area contributed by atoms with E-state index in [2.05, 4.69) is 10.4 Å². The topological polar surface area (TPSA) is 73.2 Å². The Morgan fingerprint density at radius 2 is 2.04 bits per heavy atom. The van der Waals surface area contributed by atoms with E-state index in [0.29, 0.717) is 10.6 Å². The van der Waals surface area contributed by atoms with Crippen molar-refractivity contribution in [1.82, 2.24) is 15.1 Å². The van der Waals surface area contributed by atoms with Gasteiger partial charge in [0, 0.05) is 11.4 Å². The second-order valence-electron chi connectivity index (χ2n) is 6.63. The fraction of sp³-hybridized carbons (Fsp3) is 0.316. The molecule has 1 aliphatic carbocycles. The van der Waals surface area contributed by atoms with Gasteiger partial charge in [0.1, 0.15) is 15.5 Å². The molecule has 1 atom stereocenters. The quantitative estimate of drug-likeness (QED) is 0.682. The molecule has 1 saturated carbocycles. The van der Waals surface area contributed by atoms with Crippen LogP contribution in [0.25, 0.3) is 15.9 Å². The van der Waals surface area contributed by atoms with Crippen LogP contribution in [0.3, 0.4) is 0 Å². The minimum Gasteiger partial charge on any atom is -0.448 e. The predicted molar refractivity (Wildman–Crippen MR) is 99.7 cm³/mol. The van der Waals surface area contributed by atoms with Crippen LogP contribution in [0.4, 0.5) is 4.39 Å². The number of hydrogen-bond acceptors (Lipinski definition) is 5. The number of ether oxygens (including phenoxy) is 1. The Labute approximate surface area is 158 Å². The number of fused-ring (bicyclic) bond motifs is 1. The standard InChI is InChI=1S/C19H18FN3O3S/c1-10-15-9-16(19(25)26-11(2)17(24)21-13-5-6-13)27-18(15)23(22-10)14-7-3-12(20)4-8-14/h3-4,7-9,11,13H,5-6H2,1-2H3,(H,21,24)/t11-/m1/s1. The maximum atomic E-state index is 13.2. The van der Waals surface area contributed by atoms with Crippen molar-refractivity contribution in [2.75, 3.05) is 0 Å². The largest absolute Gasteiger partial charge is 0.448 e. The molecule has 8 heteroatoms. The minimum absolute atomic E-state index is 0.215. The number of benzene rings is 1. The van der Waals surface area contributed by atoms with Crippen LogP contribution in [0.15, 0.2) is 30.3 Å². The van der Waals surface area contributed by atoms with Crippen LogP contribution in [-0.2, 0) is 9.53 Å². The second kappa shape index (κ2) is 6.77. The number of carbonyl (C=O) groups excluding carboxylic acids is 2. The van der Waals surface area contributed by atoms with E-state index >= 15 is 0 Å². The fourth-order valence-corrected chi connectivity index (χ4v) is 3.79. The summed E-state index contributed by atoms with van der Waals surface area (Å²) < 4.78 is 20.2. The molecule has 2 heterocycles. The summed E-state index contributed by atoms with van der Waals surface area (Å²) in [6.07, 6.45) is 1.10. The molecule has 2 aromatic heterocycles. The Morgan fingerprint density at radius 1 is 1.33 bits per heavy atom. The van der Waals surface area contributed by atoms with Crippen molar-refractivity contribution < 1.29 is 18.7 Å². The van der Waals surface area contributed by atoms with Gasteiger partial charge in [-0.05, 0) is 57.0 Å². The molecular weight excluding hydrogens is 369 g/mol. The van der Waals surface area contributed by atoms with Crippen molar-refractivity contribution in [1.29, 1.82) is 0 Å². The van der Waals surface area contributed by atoms with Gasteiger partial charge in [0.2, 0.25) is 0 Å². The van der Waals surface area contributed by atoms with Gasteiger partial charge in [-0.2, -0.15) is 5.10 Å². The molecule has 0 bridgehead atoms. The molecular formula is C19H18FN3O3S. The van der Waals surface area contributed by atoms with Gasteiger partial charge in [0.25, 0.3) is 5.91 Å². The molecule has 27 heavy (non-hydrogen) atoms. The first-order valence-electron chi connectivity index (χ1n) is 8.69. The Morgan fingerprint density at radius 3 is 2.70 bits per heavy atom. The van der Waals surface area contributed by atoms with Crippen LogP contribution in [0.5, 0.6) is 0 Å². The third kappa shape index (κ3) is 3.57. The SMILES string of the molecule is Cc1nn(-c2ccc(F)cc2)c2sc(C(=O)O[C@H](C)C(=O)NC3CC3)cc12. The van der Waals surface area contributed by atoms with Crippen molar-refractivity contribution in [2.45, 2.75) is 38.8 Å². The third-order valence-corrected chi connectivity index (χ3v) is 5.48. The fourth-order valence-electron chi connectivity index (χ4n) is 2.72. The number of nitrogens with one attached hydrogen (secondary N) is 1. The van der Waals surface area contributed by atoms with Gasteiger partial charge in [0.15, 0.2) is 6.10 Å². The van der Waals surface area contributed by atoms with Crippen LogP contribution in [0.1, 0.15) is 35.1 Å². The van der Waals surface area contributed by atoms with E-state index in [4.69, 9.17) is 4.74 Å². The summed E-state index contributed by atoms with van der Waals surface area (Å²) in [5.41, 5.74) is 1.46. The van der Waals surface area contributed by atoms with Gasteiger partial charge in [-0.15, -0.1) is 11.3 Å². The number of nitrogens with zero attached hydrogens (tertiary/aromatic N) is 2. The number of carbonyl (C=O) groups is 2. The summed E-state index contributed by atoms with van der Waals surface area (Å²) in [6.45, 7) is 3.41. The molecule has 0 spiro atoms. The van der Waals surface area contributed by atoms with Gasteiger partial charge < -0.3 is 10.1 Å². The van der Waals surface area contributed by atoms with E-state index in [9.17, 15) is 14.0 Å². The summed E-state index contributed by atoms with van der Waals surface area (Å²) in [5.74, 6) is -1.15. The second-order valence-corrected chi connectivity index (χ2v) is 7.66. The number of hydrogen-bond donors (Lipinski definition) is 1. The molecule has 1 amide bonds.